The summed E-state index contributed by atoms with van der Waals surface area (Å²) >= 11 is 3.32. The van der Waals surface area contributed by atoms with Crippen molar-refractivity contribution in [3.63, 3.8) is 0 Å². The Balaban J connectivity index is 2.49. The van der Waals surface area contributed by atoms with Gasteiger partial charge in [-0.1, -0.05) is 28.1 Å². The van der Waals surface area contributed by atoms with E-state index in [1.54, 1.807) is 0 Å². The zero-order valence-electron chi connectivity index (χ0n) is 7.48. The molecule has 0 saturated carbocycles. The molecule has 14 heavy (non-hydrogen) atoms. The van der Waals surface area contributed by atoms with E-state index in [1.165, 1.54) is 0 Å². The summed E-state index contributed by atoms with van der Waals surface area (Å²) in [6.45, 7) is 0. The summed E-state index contributed by atoms with van der Waals surface area (Å²) in [6, 6.07) is 7.59. The number of aliphatic hydroxyl groups excluding tert-OH is 1. The molecular formula is C10H11BrO3. The molecule has 1 aromatic rings. The van der Waals surface area contributed by atoms with Gasteiger partial charge in [0.15, 0.2) is 6.10 Å². The molecule has 0 heterocycles. The minimum atomic E-state index is -1.27. The van der Waals surface area contributed by atoms with Gasteiger partial charge in [-0.3, -0.25) is 0 Å². The lowest BCUT2D eigenvalue weighted by molar-refractivity contribution is -0.146. The molecule has 0 aliphatic carbocycles. The van der Waals surface area contributed by atoms with Crippen LogP contribution in [0.5, 0.6) is 0 Å². The number of aryl methyl sites for hydroxylation is 1. The lowest BCUT2D eigenvalue weighted by Gasteiger charge is -2.05. The molecule has 0 fully saturated rings. The van der Waals surface area contributed by atoms with E-state index in [-0.39, 0.29) is 6.42 Å². The minimum Gasteiger partial charge on any atom is -0.479 e. The van der Waals surface area contributed by atoms with E-state index in [2.05, 4.69) is 15.9 Å². The molecule has 0 amide bonds. The van der Waals surface area contributed by atoms with Crippen molar-refractivity contribution >= 4 is 21.9 Å². The second-order valence-corrected chi connectivity index (χ2v) is 3.94. The van der Waals surface area contributed by atoms with Gasteiger partial charge in [0.2, 0.25) is 0 Å². The quantitative estimate of drug-likeness (QED) is 0.867. The van der Waals surface area contributed by atoms with Gasteiger partial charge < -0.3 is 10.2 Å². The second kappa shape index (κ2) is 5.12. The zero-order valence-corrected chi connectivity index (χ0v) is 9.07. The minimum absolute atomic E-state index is 0.242. The average Bonchev–Trinajstić information content (AvgIpc) is 2.14. The molecule has 0 aliphatic rings. The molecule has 4 heteroatoms. The van der Waals surface area contributed by atoms with Gasteiger partial charge >= 0.3 is 5.97 Å². The predicted molar refractivity (Wildman–Crippen MR) is 56.1 cm³/mol. The third-order valence-electron chi connectivity index (χ3n) is 1.88. The van der Waals surface area contributed by atoms with Crippen LogP contribution in [0.1, 0.15) is 12.0 Å². The van der Waals surface area contributed by atoms with Gasteiger partial charge in [0, 0.05) is 4.47 Å². The predicted octanol–water partition coefficient (Wildman–Crippen LogP) is 1.83. The molecular weight excluding hydrogens is 248 g/mol. The highest BCUT2D eigenvalue weighted by molar-refractivity contribution is 9.10. The van der Waals surface area contributed by atoms with Crippen molar-refractivity contribution in [1.29, 1.82) is 0 Å². The van der Waals surface area contributed by atoms with Gasteiger partial charge in [-0.2, -0.15) is 0 Å². The first-order chi connectivity index (χ1) is 6.59. The van der Waals surface area contributed by atoms with E-state index in [0.29, 0.717) is 6.42 Å². The fourth-order valence-corrected chi connectivity index (χ4v) is 1.57. The summed E-state index contributed by atoms with van der Waals surface area (Å²) in [4.78, 5) is 10.3. The molecule has 0 aromatic heterocycles. The van der Waals surface area contributed by atoms with Crippen LogP contribution in [0.3, 0.4) is 0 Å². The Hall–Kier alpha value is -0.870. The van der Waals surface area contributed by atoms with E-state index in [1.807, 2.05) is 24.3 Å². The Labute approximate surface area is 90.5 Å². The Bertz CT molecular complexity index is 325. The Morgan fingerprint density at radius 1 is 1.50 bits per heavy atom. The van der Waals surface area contributed by atoms with E-state index in [0.717, 1.165) is 10.0 Å². The first kappa shape index (κ1) is 11.2. The summed E-state index contributed by atoms with van der Waals surface area (Å²) in [5, 5.41) is 17.5. The molecule has 1 atom stereocenters. The fraction of sp³-hybridized carbons (Fsp3) is 0.300. The van der Waals surface area contributed by atoms with Crippen LogP contribution in [0.25, 0.3) is 0 Å². The topological polar surface area (TPSA) is 57.5 Å². The maximum atomic E-state index is 10.3. The lowest BCUT2D eigenvalue weighted by atomic mass is 10.1. The number of hydrogen-bond donors (Lipinski definition) is 2. The molecule has 0 saturated heterocycles. The monoisotopic (exact) mass is 258 g/mol. The van der Waals surface area contributed by atoms with Gasteiger partial charge in [0.05, 0.1) is 0 Å². The highest BCUT2D eigenvalue weighted by Crippen LogP contribution is 2.13. The average molecular weight is 259 g/mol. The van der Waals surface area contributed by atoms with Crippen LogP contribution in [0.4, 0.5) is 0 Å². The van der Waals surface area contributed by atoms with Crippen molar-refractivity contribution in [3.8, 4) is 0 Å². The number of halogens is 1. The summed E-state index contributed by atoms with van der Waals surface area (Å²) < 4.78 is 0.958. The number of aliphatic carboxylic acids is 1. The van der Waals surface area contributed by atoms with Crippen molar-refractivity contribution in [3.05, 3.63) is 34.3 Å². The summed E-state index contributed by atoms with van der Waals surface area (Å²) in [6.07, 6.45) is -0.465. The van der Waals surface area contributed by atoms with E-state index >= 15 is 0 Å². The summed E-state index contributed by atoms with van der Waals surface area (Å²) in [7, 11) is 0. The Morgan fingerprint density at radius 2 is 2.21 bits per heavy atom. The largest absolute Gasteiger partial charge is 0.479 e. The molecule has 0 bridgehead atoms. The number of rotatable bonds is 4. The standard InChI is InChI=1S/C10H11BrO3/c11-8-3-1-2-7(6-8)4-5-9(12)10(13)14/h1-3,6,9,12H,4-5H2,(H,13,14). The number of carbonyl (C=O) groups is 1. The molecule has 0 spiro atoms. The van der Waals surface area contributed by atoms with Gasteiger partial charge in [-0.15, -0.1) is 0 Å². The molecule has 3 nitrogen and oxygen atoms in total. The SMILES string of the molecule is O=C(O)C(O)CCc1cccc(Br)c1. The van der Waals surface area contributed by atoms with Crippen LogP contribution in [0.2, 0.25) is 0 Å². The van der Waals surface area contributed by atoms with Crippen LogP contribution < -0.4 is 0 Å². The highest BCUT2D eigenvalue weighted by Gasteiger charge is 2.12. The highest BCUT2D eigenvalue weighted by atomic mass is 79.9. The number of hydrogen-bond acceptors (Lipinski definition) is 2. The third kappa shape index (κ3) is 3.47. The summed E-state index contributed by atoms with van der Waals surface area (Å²) in [5.41, 5.74) is 1.01. The fourth-order valence-electron chi connectivity index (χ4n) is 1.12. The smallest absolute Gasteiger partial charge is 0.332 e. The van der Waals surface area contributed by atoms with Crippen molar-refractivity contribution in [2.24, 2.45) is 0 Å². The van der Waals surface area contributed by atoms with Crippen LogP contribution in [0, 0.1) is 0 Å². The van der Waals surface area contributed by atoms with E-state index in [4.69, 9.17) is 10.2 Å². The zero-order chi connectivity index (χ0) is 10.6. The molecule has 1 aromatic carbocycles. The van der Waals surface area contributed by atoms with Crippen molar-refractivity contribution in [2.45, 2.75) is 18.9 Å². The van der Waals surface area contributed by atoms with Gasteiger partial charge in [-0.25, -0.2) is 4.79 Å². The normalized spacial score (nSPS) is 12.4. The number of carboxylic acid groups (broad SMARTS) is 1. The number of aliphatic hydroxyl groups is 1. The Kier molecular flexibility index (Phi) is 4.10. The number of benzene rings is 1. The second-order valence-electron chi connectivity index (χ2n) is 3.02. The van der Waals surface area contributed by atoms with Crippen molar-refractivity contribution in [2.75, 3.05) is 0 Å². The molecule has 0 aliphatic heterocycles. The van der Waals surface area contributed by atoms with E-state index in [9.17, 15) is 4.79 Å². The first-order valence-corrected chi connectivity index (χ1v) is 5.04. The molecule has 2 N–H and O–H groups in total. The third-order valence-corrected chi connectivity index (χ3v) is 2.37. The summed E-state index contributed by atoms with van der Waals surface area (Å²) in [5.74, 6) is -1.17. The molecule has 1 rings (SSSR count). The van der Waals surface area contributed by atoms with Gasteiger partial charge in [-0.05, 0) is 30.5 Å². The first-order valence-electron chi connectivity index (χ1n) is 4.25. The number of carboxylic acids is 1. The molecule has 0 radical (unpaired) electrons. The molecule has 1 unspecified atom stereocenters. The van der Waals surface area contributed by atoms with Crippen LogP contribution in [-0.2, 0) is 11.2 Å². The maximum absolute atomic E-state index is 10.3. The van der Waals surface area contributed by atoms with Crippen molar-refractivity contribution in [1.82, 2.24) is 0 Å². The maximum Gasteiger partial charge on any atom is 0.332 e. The van der Waals surface area contributed by atoms with Crippen LogP contribution >= 0.6 is 15.9 Å². The van der Waals surface area contributed by atoms with Crippen LogP contribution in [0.15, 0.2) is 28.7 Å². The van der Waals surface area contributed by atoms with Crippen molar-refractivity contribution < 1.29 is 15.0 Å². The van der Waals surface area contributed by atoms with Gasteiger partial charge in [0.1, 0.15) is 0 Å². The van der Waals surface area contributed by atoms with Gasteiger partial charge in [0.25, 0.3) is 0 Å². The molecule has 76 valence electrons. The van der Waals surface area contributed by atoms with Crippen LogP contribution in [-0.4, -0.2) is 22.3 Å². The lowest BCUT2D eigenvalue weighted by Crippen LogP contribution is -2.19. The Morgan fingerprint density at radius 3 is 2.79 bits per heavy atom. The van der Waals surface area contributed by atoms with E-state index < -0.39 is 12.1 Å².